The van der Waals surface area contributed by atoms with Crippen LogP contribution in [0, 0.1) is 0 Å². The summed E-state index contributed by atoms with van der Waals surface area (Å²) in [6.45, 7) is 0.600. The van der Waals surface area contributed by atoms with E-state index in [1.54, 1.807) is 11.4 Å². The molecule has 3 heterocycles. The molecule has 32 heavy (non-hydrogen) atoms. The van der Waals surface area contributed by atoms with Gasteiger partial charge in [-0.2, -0.15) is 0 Å². The first-order valence-corrected chi connectivity index (χ1v) is 10.8. The van der Waals surface area contributed by atoms with Crippen molar-refractivity contribution < 1.29 is 24.2 Å². The zero-order valence-electron chi connectivity index (χ0n) is 16.9. The molecule has 0 saturated carbocycles. The van der Waals surface area contributed by atoms with Crippen LogP contribution < -0.4 is 5.32 Å². The van der Waals surface area contributed by atoms with Gasteiger partial charge in [0, 0.05) is 18.1 Å². The van der Waals surface area contributed by atoms with Crippen molar-refractivity contribution in [2.45, 2.75) is 25.5 Å². The molecule has 3 aromatic rings. The molecule has 0 radical (unpaired) electrons. The maximum absolute atomic E-state index is 12.8. The summed E-state index contributed by atoms with van der Waals surface area (Å²) in [6.07, 6.45) is 1.99. The van der Waals surface area contributed by atoms with Gasteiger partial charge in [-0.1, -0.05) is 30.3 Å². The Labute approximate surface area is 187 Å². The topological polar surface area (TPSA) is 122 Å². The lowest BCUT2D eigenvalue weighted by Crippen LogP contribution is -2.43. The SMILES string of the molecule is O=C(O)c1ccc(-c2csc(NC(=O)C3CCCN3C(=O)OCc3ccccc3)n2)nc1. The molecule has 10 heteroatoms. The Morgan fingerprint density at radius 2 is 1.97 bits per heavy atom. The molecule has 4 rings (SSSR count). The lowest BCUT2D eigenvalue weighted by molar-refractivity contribution is -0.120. The normalized spacial score (nSPS) is 15.4. The van der Waals surface area contributed by atoms with Crippen molar-refractivity contribution in [1.29, 1.82) is 0 Å². The van der Waals surface area contributed by atoms with Gasteiger partial charge in [-0.25, -0.2) is 14.6 Å². The second-order valence-corrected chi connectivity index (χ2v) is 8.01. The van der Waals surface area contributed by atoms with Crippen LogP contribution in [0.25, 0.3) is 11.4 Å². The van der Waals surface area contributed by atoms with Gasteiger partial charge in [-0.15, -0.1) is 11.3 Å². The maximum Gasteiger partial charge on any atom is 0.410 e. The van der Waals surface area contributed by atoms with Gasteiger partial charge in [-0.05, 0) is 30.5 Å². The Morgan fingerprint density at radius 1 is 1.16 bits per heavy atom. The molecule has 0 bridgehead atoms. The van der Waals surface area contributed by atoms with Crippen LogP contribution in [-0.4, -0.2) is 50.5 Å². The number of amides is 2. The van der Waals surface area contributed by atoms with Crippen molar-refractivity contribution >= 4 is 34.4 Å². The molecule has 1 aliphatic heterocycles. The number of thiazole rings is 1. The summed E-state index contributed by atoms with van der Waals surface area (Å²) in [7, 11) is 0. The predicted molar refractivity (Wildman–Crippen MR) is 117 cm³/mol. The van der Waals surface area contributed by atoms with Gasteiger partial charge >= 0.3 is 12.1 Å². The number of hydrogen-bond donors (Lipinski definition) is 2. The number of benzene rings is 1. The molecule has 2 N–H and O–H groups in total. The minimum Gasteiger partial charge on any atom is -0.478 e. The van der Waals surface area contributed by atoms with E-state index in [-0.39, 0.29) is 18.1 Å². The number of carboxylic acids is 1. The van der Waals surface area contributed by atoms with Crippen LogP contribution in [0.15, 0.2) is 54.0 Å². The summed E-state index contributed by atoms with van der Waals surface area (Å²) < 4.78 is 5.37. The first-order chi connectivity index (χ1) is 15.5. The van der Waals surface area contributed by atoms with E-state index in [1.807, 2.05) is 30.3 Å². The molecule has 1 atom stereocenters. The van der Waals surface area contributed by atoms with Crippen molar-refractivity contribution in [3.05, 3.63) is 65.2 Å². The van der Waals surface area contributed by atoms with Crippen LogP contribution in [0.4, 0.5) is 9.93 Å². The van der Waals surface area contributed by atoms with E-state index in [0.29, 0.717) is 35.9 Å². The number of nitrogens with zero attached hydrogens (tertiary/aromatic N) is 3. The monoisotopic (exact) mass is 452 g/mol. The summed E-state index contributed by atoms with van der Waals surface area (Å²) in [5.74, 6) is -1.38. The zero-order chi connectivity index (χ0) is 22.5. The van der Waals surface area contributed by atoms with Gasteiger partial charge in [0.2, 0.25) is 5.91 Å². The average Bonchev–Trinajstić information content (AvgIpc) is 3.48. The summed E-state index contributed by atoms with van der Waals surface area (Å²) >= 11 is 1.23. The van der Waals surface area contributed by atoms with E-state index in [4.69, 9.17) is 9.84 Å². The van der Waals surface area contributed by atoms with Crippen molar-refractivity contribution in [2.24, 2.45) is 0 Å². The van der Waals surface area contributed by atoms with Crippen LogP contribution in [0.5, 0.6) is 0 Å². The van der Waals surface area contributed by atoms with Gasteiger partial charge in [-0.3, -0.25) is 14.7 Å². The molecule has 0 spiro atoms. The number of likely N-dealkylation sites (tertiary alicyclic amines) is 1. The number of nitrogens with one attached hydrogen (secondary N) is 1. The molecule has 0 aliphatic carbocycles. The quantitative estimate of drug-likeness (QED) is 0.585. The van der Waals surface area contributed by atoms with Crippen LogP contribution in [0.3, 0.4) is 0 Å². The predicted octanol–water partition coefficient (Wildman–Crippen LogP) is 3.64. The number of hydrogen-bond acceptors (Lipinski definition) is 7. The van der Waals surface area contributed by atoms with E-state index in [1.165, 1.54) is 28.5 Å². The standard InChI is InChI=1S/C22H20N4O5S/c27-19(18-7-4-10-26(18)22(30)31-12-14-5-2-1-3-6-14)25-21-24-17(13-32-21)16-9-8-15(11-23-16)20(28)29/h1-3,5-6,8-9,11,13,18H,4,7,10,12H2,(H,28,29)(H,24,25,27). The largest absolute Gasteiger partial charge is 0.478 e. The van der Waals surface area contributed by atoms with E-state index in [2.05, 4.69) is 15.3 Å². The van der Waals surface area contributed by atoms with Gasteiger partial charge in [0.05, 0.1) is 11.3 Å². The Hall–Kier alpha value is -3.79. The molecule has 164 valence electrons. The number of ether oxygens (including phenoxy) is 1. The summed E-state index contributed by atoms with van der Waals surface area (Å²) in [5, 5.41) is 13.8. The molecule has 1 aromatic carbocycles. The average molecular weight is 452 g/mol. The second-order valence-electron chi connectivity index (χ2n) is 7.16. The summed E-state index contributed by atoms with van der Waals surface area (Å²) in [6, 6.07) is 11.7. The maximum atomic E-state index is 12.8. The van der Waals surface area contributed by atoms with Crippen LogP contribution >= 0.6 is 11.3 Å². The molecule has 1 fully saturated rings. The number of aromatic carboxylic acids is 1. The van der Waals surface area contributed by atoms with Crippen molar-refractivity contribution in [1.82, 2.24) is 14.9 Å². The van der Waals surface area contributed by atoms with Crippen molar-refractivity contribution in [3.63, 3.8) is 0 Å². The number of anilines is 1. The Balaban J connectivity index is 1.36. The smallest absolute Gasteiger partial charge is 0.410 e. The molecule has 2 amide bonds. The fourth-order valence-electron chi connectivity index (χ4n) is 3.37. The van der Waals surface area contributed by atoms with Gasteiger partial charge < -0.3 is 15.2 Å². The fraction of sp³-hybridized carbons (Fsp3) is 0.227. The number of pyridine rings is 1. The second kappa shape index (κ2) is 9.56. The third kappa shape index (κ3) is 4.92. The van der Waals surface area contributed by atoms with Crippen LogP contribution in [0.2, 0.25) is 0 Å². The molecule has 1 unspecified atom stereocenters. The highest BCUT2D eigenvalue weighted by Gasteiger charge is 2.35. The highest BCUT2D eigenvalue weighted by atomic mass is 32.1. The van der Waals surface area contributed by atoms with Crippen LogP contribution in [-0.2, 0) is 16.1 Å². The molecular weight excluding hydrogens is 432 g/mol. The highest BCUT2D eigenvalue weighted by molar-refractivity contribution is 7.14. The molecule has 9 nitrogen and oxygen atoms in total. The minimum atomic E-state index is -1.06. The van der Waals surface area contributed by atoms with E-state index < -0.39 is 18.1 Å². The first-order valence-electron chi connectivity index (χ1n) is 9.94. The third-order valence-corrected chi connectivity index (χ3v) is 5.76. The van der Waals surface area contributed by atoms with E-state index in [9.17, 15) is 14.4 Å². The molecule has 1 saturated heterocycles. The summed E-state index contributed by atoms with van der Waals surface area (Å²) in [4.78, 5) is 46.2. The number of rotatable bonds is 6. The highest BCUT2D eigenvalue weighted by Crippen LogP contribution is 2.25. The third-order valence-electron chi connectivity index (χ3n) is 5.00. The van der Waals surface area contributed by atoms with Crippen molar-refractivity contribution in [2.75, 3.05) is 11.9 Å². The number of aromatic nitrogens is 2. The molecule has 1 aliphatic rings. The number of carbonyl (C=O) groups is 3. The fourth-order valence-corrected chi connectivity index (χ4v) is 4.08. The van der Waals surface area contributed by atoms with Crippen molar-refractivity contribution in [3.8, 4) is 11.4 Å². The Morgan fingerprint density at radius 3 is 2.69 bits per heavy atom. The number of carboxylic acid groups (broad SMARTS) is 1. The zero-order valence-corrected chi connectivity index (χ0v) is 17.7. The molecular formula is C22H20N4O5S. The minimum absolute atomic E-state index is 0.0815. The van der Waals surface area contributed by atoms with Gasteiger partial charge in [0.1, 0.15) is 18.3 Å². The van der Waals surface area contributed by atoms with Crippen LogP contribution in [0.1, 0.15) is 28.8 Å². The Bertz CT molecular complexity index is 1120. The van der Waals surface area contributed by atoms with Gasteiger partial charge in [0.25, 0.3) is 0 Å². The lowest BCUT2D eigenvalue weighted by Gasteiger charge is -2.22. The lowest BCUT2D eigenvalue weighted by atomic mass is 10.2. The molecule has 2 aromatic heterocycles. The Kier molecular flexibility index (Phi) is 6.41. The van der Waals surface area contributed by atoms with E-state index >= 15 is 0 Å². The first kappa shape index (κ1) is 21.4. The number of carbonyl (C=O) groups excluding carboxylic acids is 2. The van der Waals surface area contributed by atoms with E-state index in [0.717, 1.165) is 5.56 Å². The van der Waals surface area contributed by atoms with Gasteiger partial charge in [0.15, 0.2) is 5.13 Å². The summed E-state index contributed by atoms with van der Waals surface area (Å²) in [5.41, 5.74) is 1.98.